The second kappa shape index (κ2) is 12.2. The lowest BCUT2D eigenvalue weighted by molar-refractivity contribution is -0.920. The van der Waals surface area contributed by atoms with Crippen LogP contribution in [0.5, 0.6) is 11.5 Å². The summed E-state index contributed by atoms with van der Waals surface area (Å²) in [6, 6.07) is 5.73. The number of benzene rings is 1. The molecule has 1 fully saturated rings. The molecule has 1 saturated heterocycles. The van der Waals surface area contributed by atoms with Crippen molar-refractivity contribution in [1.29, 1.82) is 0 Å². The van der Waals surface area contributed by atoms with E-state index in [0.29, 0.717) is 42.9 Å². The van der Waals surface area contributed by atoms with Crippen LogP contribution in [-0.2, 0) is 11.2 Å². The van der Waals surface area contributed by atoms with Gasteiger partial charge in [-0.05, 0) is 55.4 Å². The smallest absolute Gasteiger partial charge is 0.237 e. The number of nitrogens with one attached hydrogen (secondary N) is 1. The molecule has 0 saturated carbocycles. The molecule has 6 heteroatoms. The number of Topliss-reactive ketones (excluding diaryl/α,β-unsaturated/α-hetero) is 1. The maximum Gasteiger partial charge on any atom is 0.237 e. The number of fused-ring (bicyclic) bond motifs is 3. The minimum Gasteiger partial charge on any atom is -0.504 e. The number of rotatable bonds is 13. The number of aliphatic imine (C=N–C) groups is 1. The normalized spacial score (nSPS) is 25.4. The molecule has 6 nitrogen and oxygen atoms in total. The summed E-state index contributed by atoms with van der Waals surface area (Å²) in [5, 5.41) is 20.7. The van der Waals surface area contributed by atoms with Gasteiger partial charge < -0.3 is 14.9 Å². The van der Waals surface area contributed by atoms with Crippen LogP contribution in [0, 0.1) is 11.8 Å². The van der Waals surface area contributed by atoms with Crippen LogP contribution in [0.2, 0.25) is 0 Å². The number of aliphatic hydroxyl groups is 1. The molecular weight excluding hydrogens is 452 g/mol. The van der Waals surface area contributed by atoms with Crippen molar-refractivity contribution < 1.29 is 24.6 Å². The van der Waals surface area contributed by atoms with Gasteiger partial charge in [-0.2, -0.15) is 0 Å². The fraction of sp³-hybridized carbons (Fsp3) is 0.600. The summed E-state index contributed by atoms with van der Waals surface area (Å²) in [7, 11) is 0. The minimum absolute atomic E-state index is 0.0781. The number of quaternary nitrogens is 1. The van der Waals surface area contributed by atoms with Gasteiger partial charge in [0.2, 0.25) is 6.23 Å². The van der Waals surface area contributed by atoms with E-state index >= 15 is 0 Å². The van der Waals surface area contributed by atoms with Crippen molar-refractivity contribution in [2.24, 2.45) is 16.8 Å². The van der Waals surface area contributed by atoms with Gasteiger partial charge in [-0.3, -0.25) is 14.7 Å². The number of phenols is 1. The number of carbonyl (C=O) groups excluding carboxylic acids is 1. The number of phenolic OH excluding ortho intramolecular Hbond substituents is 1. The van der Waals surface area contributed by atoms with Crippen molar-refractivity contribution in [3.05, 3.63) is 47.3 Å². The molecule has 0 aliphatic carbocycles. The molecule has 5 unspecified atom stereocenters. The van der Waals surface area contributed by atoms with Crippen LogP contribution in [0.1, 0.15) is 84.1 Å². The van der Waals surface area contributed by atoms with Gasteiger partial charge in [-0.1, -0.05) is 46.1 Å². The van der Waals surface area contributed by atoms with Crippen molar-refractivity contribution in [1.82, 2.24) is 0 Å². The molecular formula is C30H43N2O4+. The van der Waals surface area contributed by atoms with Crippen LogP contribution in [-0.4, -0.2) is 40.6 Å². The van der Waals surface area contributed by atoms with Gasteiger partial charge in [0.1, 0.15) is 23.7 Å². The van der Waals surface area contributed by atoms with Crippen LogP contribution in [0.4, 0.5) is 0 Å². The number of allylic oxidation sites excluding steroid dienone is 1. The largest absolute Gasteiger partial charge is 0.504 e. The zero-order valence-corrected chi connectivity index (χ0v) is 22.1. The van der Waals surface area contributed by atoms with Crippen LogP contribution < -0.4 is 9.64 Å². The van der Waals surface area contributed by atoms with E-state index < -0.39 is 6.10 Å². The summed E-state index contributed by atoms with van der Waals surface area (Å²) in [4.78, 5) is 18.2. The number of aryl methyl sites for hydroxylation is 1. The molecule has 1 aromatic rings. The fourth-order valence-electron chi connectivity index (χ4n) is 6.02. The van der Waals surface area contributed by atoms with E-state index in [1.807, 2.05) is 18.3 Å². The Kier molecular flexibility index (Phi) is 9.02. The Hall–Kier alpha value is -2.44. The van der Waals surface area contributed by atoms with Crippen LogP contribution in [0.25, 0.3) is 0 Å². The van der Waals surface area contributed by atoms with E-state index in [1.165, 1.54) is 16.9 Å². The summed E-state index contributed by atoms with van der Waals surface area (Å²) < 4.78 is 6.45. The molecule has 3 N–H and O–H groups in total. The Morgan fingerprint density at radius 1 is 1.25 bits per heavy atom. The highest BCUT2D eigenvalue weighted by atomic mass is 16.5. The van der Waals surface area contributed by atoms with E-state index in [1.54, 1.807) is 6.07 Å². The summed E-state index contributed by atoms with van der Waals surface area (Å²) in [6.45, 7) is 6.70. The fourth-order valence-corrected chi connectivity index (χ4v) is 6.02. The van der Waals surface area contributed by atoms with Gasteiger partial charge in [-0.25, -0.2) is 0 Å². The molecule has 3 aliphatic heterocycles. The maximum absolute atomic E-state index is 12.4. The SMILES string of the molecule is CCCCCC(O)CC(=O)CCc1ccc(O)c(OC2CCC(CC(C)C)C3C4=CC=NC4=C[NH+]23)c1. The van der Waals surface area contributed by atoms with Crippen molar-refractivity contribution in [2.45, 2.75) is 103 Å². The first-order chi connectivity index (χ1) is 17.4. The molecule has 0 aromatic heterocycles. The Bertz CT molecular complexity index is 1010. The number of hydrogen-bond acceptors (Lipinski definition) is 5. The van der Waals surface area contributed by atoms with Gasteiger partial charge in [0.25, 0.3) is 0 Å². The molecule has 36 heavy (non-hydrogen) atoms. The zero-order chi connectivity index (χ0) is 25.7. The average molecular weight is 496 g/mol. The molecule has 0 spiro atoms. The van der Waals surface area contributed by atoms with Crippen LogP contribution in [0.15, 0.2) is 46.7 Å². The van der Waals surface area contributed by atoms with E-state index in [2.05, 4.69) is 38.0 Å². The average Bonchev–Trinajstić information content (AvgIpc) is 3.43. The molecule has 196 valence electrons. The minimum atomic E-state index is -0.543. The van der Waals surface area contributed by atoms with E-state index in [0.717, 1.165) is 43.4 Å². The quantitative estimate of drug-likeness (QED) is 0.352. The van der Waals surface area contributed by atoms with Gasteiger partial charge in [-0.15, -0.1) is 0 Å². The molecule has 0 bridgehead atoms. The van der Waals surface area contributed by atoms with Crippen LogP contribution in [0.3, 0.4) is 0 Å². The van der Waals surface area contributed by atoms with Gasteiger partial charge in [0, 0.05) is 37.0 Å². The van der Waals surface area contributed by atoms with Crippen LogP contribution >= 0.6 is 0 Å². The van der Waals surface area contributed by atoms with Gasteiger partial charge >= 0.3 is 0 Å². The highest BCUT2D eigenvalue weighted by Crippen LogP contribution is 2.36. The number of carbonyl (C=O) groups is 1. The van der Waals surface area contributed by atoms with E-state index in [9.17, 15) is 15.0 Å². The Balaban J connectivity index is 1.38. The second-order valence-corrected chi connectivity index (χ2v) is 11.2. The number of piperidine rings is 1. The highest BCUT2D eigenvalue weighted by molar-refractivity contribution is 5.80. The lowest BCUT2D eigenvalue weighted by Crippen LogP contribution is -3.17. The first-order valence-corrected chi connectivity index (χ1v) is 13.9. The van der Waals surface area contributed by atoms with Gasteiger partial charge in [0.15, 0.2) is 11.5 Å². The molecule has 4 rings (SSSR count). The predicted octanol–water partition coefficient (Wildman–Crippen LogP) is 4.51. The molecule has 0 radical (unpaired) electrons. The Labute approximate surface area is 215 Å². The number of unbranched alkanes of at least 4 members (excludes halogenated alkanes) is 2. The topological polar surface area (TPSA) is 83.6 Å². The van der Waals surface area contributed by atoms with Crippen molar-refractivity contribution in [3.8, 4) is 11.5 Å². The van der Waals surface area contributed by atoms with Gasteiger partial charge in [0.05, 0.1) is 6.10 Å². The molecule has 1 aromatic carbocycles. The lowest BCUT2D eigenvalue weighted by Gasteiger charge is -2.39. The number of aliphatic hydroxyl groups excluding tert-OH is 1. The lowest BCUT2D eigenvalue weighted by atomic mass is 9.80. The van der Waals surface area contributed by atoms with Crippen molar-refractivity contribution in [3.63, 3.8) is 0 Å². The summed E-state index contributed by atoms with van der Waals surface area (Å²) in [5.41, 5.74) is 3.34. The monoisotopic (exact) mass is 495 g/mol. The third-order valence-corrected chi connectivity index (χ3v) is 7.77. The standard InChI is InChI=1S/C30H42N2O4/c1-4-5-6-7-23(33)18-24(34)11-8-21-9-12-27(35)28(17-21)36-29-13-10-22(16-20(2)3)30-25-14-15-31-26(25)19-32(29)30/h9,12,14-15,17,19-20,22-23,29-30,33,35H,4-8,10-11,13,16,18H2,1-3H3/p+1. The summed E-state index contributed by atoms with van der Waals surface area (Å²) in [5.74, 6) is 1.91. The van der Waals surface area contributed by atoms with Crippen molar-refractivity contribution >= 4 is 12.0 Å². The number of aromatic hydroxyl groups is 1. The Morgan fingerprint density at radius 2 is 2.08 bits per heavy atom. The second-order valence-electron chi connectivity index (χ2n) is 11.2. The third-order valence-electron chi connectivity index (χ3n) is 7.77. The first-order valence-electron chi connectivity index (χ1n) is 13.9. The predicted molar refractivity (Wildman–Crippen MR) is 142 cm³/mol. The third kappa shape index (κ3) is 6.46. The number of ether oxygens (including phenoxy) is 1. The molecule has 3 aliphatic rings. The number of nitrogens with zero attached hydrogens (tertiary/aromatic N) is 1. The molecule has 0 amide bonds. The Morgan fingerprint density at radius 3 is 2.86 bits per heavy atom. The molecule has 3 heterocycles. The van der Waals surface area contributed by atoms with E-state index in [-0.39, 0.29) is 24.2 Å². The first kappa shape index (κ1) is 26.6. The summed E-state index contributed by atoms with van der Waals surface area (Å²) >= 11 is 0. The summed E-state index contributed by atoms with van der Waals surface area (Å²) in [6.07, 6.45) is 13.8. The number of hydrogen-bond donors (Lipinski definition) is 3. The van der Waals surface area contributed by atoms with Crippen molar-refractivity contribution in [2.75, 3.05) is 0 Å². The molecule has 5 atom stereocenters. The highest BCUT2D eigenvalue weighted by Gasteiger charge is 2.49. The number of ketones is 1. The zero-order valence-electron chi connectivity index (χ0n) is 22.1. The van der Waals surface area contributed by atoms with E-state index in [4.69, 9.17) is 4.74 Å². The maximum atomic E-state index is 12.4.